The number of aromatic hydroxyl groups is 1. The Labute approximate surface area is 174 Å². The van der Waals surface area contributed by atoms with Crippen LogP contribution >= 0.6 is 0 Å². The van der Waals surface area contributed by atoms with Crippen molar-refractivity contribution in [2.75, 3.05) is 0 Å². The maximum absolute atomic E-state index is 13.9. The molecule has 4 aromatic heterocycles. The van der Waals surface area contributed by atoms with Crippen LogP contribution in [0.25, 0.3) is 55.4 Å². The number of H-pyrrole nitrogens is 3. The van der Waals surface area contributed by atoms with Crippen molar-refractivity contribution in [2.24, 2.45) is 0 Å². The summed E-state index contributed by atoms with van der Waals surface area (Å²) < 4.78 is 13.9. The van der Waals surface area contributed by atoms with E-state index >= 15 is 0 Å². The van der Waals surface area contributed by atoms with Crippen LogP contribution in [0, 0.1) is 5.82 Å². The molecule has 0 saturated heterocycles. The average molecular weight is 410 g/mol. The van der Waals surface area contributed by atoms with Crippen LogP contribution in [0.2, 0.25) is 0 Å². The zero-order valence-corrected chi connectivity index (χ0v) is 16.0. The fourth-order valence-corrected chi connectivity index (χ4v) is 3.95. The van der Waals surface area contributed by atoms with Crippen LogP contribution in [0.15, 0.2) is 67.3 Å². The number of phenols is 1. The average Bonchev–Trinajstić information content (AvgIpc) is 3.50. The zero-order chi connectivity index (χ0) is 20.9. The number of phenolic OH excluding ortho intramolecular Hbond substituents is 1. The van der Waals surface area contributed by atoms with Gasteiger partial charge in [0.05, 0.1) is 29.1 Å². The maximum Gasteiger partial charge on any atom is 0.127 e. The monoisotopic (exact) mass is 410 g/mol. The van der Waals surface area contributed by atoms with Crippen molar-refractivity contribution in [3.05, 3.63) is 73.1 Å². The molecule has 0 atom stereocenters. The molecule has 0 fully saturated rings. The third kappa shape index (κ3) is 2.84. The van der Waals surface area contributed by atoms with Crippen molar-refractivity contribution in [2.45, 2.75) is 0 Å². The smallest absolute Gasteiger partial charge is 0.127 e. The van der Waals surface area contributed by atoms with Gasteiger partial charge in [0.25, 0.3) is 0 Å². The molecule has 0 amide bonds. The van der Waals surface area contributed by atoms with Gasteiger partial charge in [-0.1, -0.05) is 6.07 Å². The molecule has 8 heteroatoms. The molecule has 7 nitrogen and oxygen atoms in total. The topological polar surface area (TPSA) is 106 Å². The number of pyridine rings is 1. The van der Waals surface area contributed by atoms with Crippen molar-refractivity contribution in [1.82, 2.24) is 30.4 Å². The molecule has 6 aromatic rings. The minimum absolute atomic E-state index is 0.132. The van der Waals surface area contributed by atoms with Gasteiger partial charge in [0.1, 0.15) is 17.3 Å². The SMILES string of the molecule is Oc1cc(F)cc(-c2cncc3[nH]c(-c4n[nH]c5ccc(-c6cn[nH]c6)cc45)cc23)c1. The Kier molecular flexibility index (Phi) is 3.66. The first-order valence-corrected chi connectivity index (χ1v) is 9.60. The minimum Gasteiger partial charge on any atom is -0.508 e. The van der Waals surface area contributed by atoms with Gasteiger partial charge in [0.15, 0.2) is 0 Å². The highest BCUT2D eigenvalue weighted by atomic mass is 19.1. The van der Waals surface area contributed by atoms with Crippen LogP contribution in [0.5, 0.6) is 5.75 Å². The molecule has 4 heterocycles. The molecule has 31 heavy (non-hydrogen) atoms. The molecule has 150 valence electrons. The van der Waals surface area contributed by atoms with Gasteiger partial charge in [0.2, 0.25) is 0 Å². The van der Waals surface area contributed by atoms with E-state index in [9.17, 15) is 9.50 Å². The van der Waals surface area contributed by atoms with Crippen molar-refractivity contribution in [3.63, 3.8) is 0 Å². The summed E-state index contributed by atoms with van der Waals surface area (Å²) in [6.45, 7) is 0. The van der Waals surface area contributed by atoms with E-state index in [1.165, 1.54) is 12.1 Å². The van der Waals surface area contributed by atoms with Gasteiger partial charge in [-0.3, -0.25) is 15.2 Å². The predicted octanol–water partition coefficient (Wildman–Crippen LogP) is 5.01. The van der Waals surface area contributed by atoms with Crippen LogP contribution < -0.4 is 0 Å². The molecular formula is C23H15FN6O. The summed E-state index contributed by atoms with van der Waals surface area (Å²) in [6, 6.07) is 12.0. The fourth-order valence-electron chi connectivity index (χ4n) is 3.95. The Morgan fingerprint density at radius 3 is 2.61 bits per heavy atom. The summed E-state index contributed by atoms with van der Waals surface area (Å²) >= 11 is 0. The third-order valence-corrected chi connectivity index (χ3v) is 5.39. The molecule has 0 aliphatic heterocycles. The molecular weight excluding hydrogens is 395 g/mol. The Hall–Kier alpha value is -4.46. The first-order valence-electron chi connectivity index (χ1n) is 9.60. The number of nitrogens with zero attached hydrogens (tertiary/aromatic N) is 3. The number of hydrogen-bond acceptors (Lipinski definition) is 4. The molecule has 0 bridgehead atoms. The summed E-state index contributed by atoms with van der Waals surface area (Å²) in [5.41, 5.74) is 6.56. The Bertz CT molecular complexity index is 1540. The first kappa shape index (κ1) is 17.4. The fraction of sp³-hybridized carbons (Fsp3) is 0. The molecule has 0 spiro atoms. The van der Waals surface area contributed by atoms with Gasteiger partial charge in [-0.15, -0.1) is 0 Å². The maximum atomic E-state index is 13.9. The lowest BCUT2D eigenvalue weighted by atomic mass is 10.0. The molecule has 2 aromatic carbocycles. The highest BCUT2D eigenvalue weighted by Gasteiger charge is 2.15. The van der Waals surface area contributed by atoms with Gasteiger partial charge in [-0.25, -0.2) is 4.39 Å². The number of aromatic nitrogens is 6. The van der Waals surface area contributed by atoms with E-state index < -0.39 is 5.82 Å². The van der Waals surface area contributed by atoms with E-state index in [0.29, 0.717) is 11.1 Å². The molecule has 0 aliphatic rings. The quantitative estimate of drug-likeness (QED) is 0.329. The van der Waals surface area contributed by atoms with Crippen LogP contribution in [0.3, 0.4) is 0 Å². The van der Waals surface area contributed by atoms with Gasteiger partial charge in [0, 0.05) is 40.4 Å². The van der Waals surface area contributed by atoms with E-state index in [2.05, 4.69) is 36.4 Å². The Balaban J connectivity index is 1.53. The standard InChI is InChI=1S/C23H15FN6O/c24-15-3-13(4-16(31)6-15)19-10-25-11-22-17(19)7-21(28-22)23-18-5-12(14-8-26-27-9-14)1-2-20(18)29-30-23/h1-11,28,31H,(H,26,27)(H,29,30). The lowest BCUT2D eigenvalue weighted by Crippen LogP contribution is -1.84. The number of nitrogens with one attached hydrogen (secondary N) is 3. The number of halogens is 1. The number of aromatic amines is 3. The molecule has 0 radical (unpaired) electrons. The Morgan fingerprint density at radius 2 is 1.77 bits per heavy atom. The van der Waals surface area contributed by atoms with Gasteiger partial charge < -0.3 is 10.1 Å². The number of rotatable bonds is 3. The highest BCUT2D eigenvalue weighted by molar-refractivity contribution is 6.01. The van der Waals surface area contributed by atoms with E-state index in [1.807, 2.05) is 24.4 Å². The number of hydrogen-bond donors (Lipinski definition) is 4. The van der Waals surface area contributed by atoms with Crippen LogP contribution in [-0.2, 0) is 0 Å². The van der Waals surface area contributed by atoms with E-state index in [1.54, 1.807) is 18.6 Å². The number of fused-ring (bicyclic) bond motifs is 2. The third-order valence-electron chi connectivity index (χ3n) is 5.39. The molecule has 0 unspecified atom stereocenters. The van der Waals surface area contributed by atoms with Gasteiger partial charge in [-0.05, 0) is 41.5 Å². The largest absolute Gasteiger partial charge is 0.508 e. The minimum atomic E-state index is -0.507. The van der Waals surface area contributed by atoms with Crippen LogP contribution in [0.1, 0.15) is 0 Å². The molecule has 0 aliphatic carbocycles. The normalized spacial score (nSPS) is 11.5. The van der Waals surface area contributed by atoms with E-state index in [4.69, 9.17) is 0 Å². The summed E-state index contributed by atoms with van der Waals surface area (Å²) in [4.78, 5) is 7.64. The van der Waals surface area contributed by atoms with Crippen LogP contribution in [0.4, 0.5) is 4.39 Å². The van der Waals surface area contributed by atoms with E-state index in [-0.39, 0.29) is 5.75 Å². The van der Waals surface area contributed by atoms with Crippen molar-refractivity contribution in [1.29, 1.82) is 0 Å². The Morgan fingerprint density at radius 1 is 0.839 bits per heavy atom. The lowest BCUT2D eigenvalue weighted by Gasteiger charge is -2.04. The summed E-state index contributed by atoms with van der Waals surface area (Å²) in [6.07, 6.45) is 6.99. The number of benzene rings is 2. The van der Waals surface area contributed by atoms with Crippen molar-refractivity contribution < 1.29 is 9.50 Å². The van der Waals surface area contributed by atoms with Crippen molar-refractivity contribution in [3.8, 4) is 39.4 Å². The zero-order valence-electron chi connectivity index (χ0n) is 16.0. The first-order chi connectivity index (χ1) is 15.2. The van der Waals surface area contributed by atoms with E-state index in [0.717, 1.165) is 50.4 Å². The summed E-state index contributed by atoms with van der Waals surface area (Å²) in [7, 11) is 0. The second-order valence-electron chi connectivity index (χ2n) is 7.35. The lowest BCUT2D eigenvalue weighted by molar-refractivity contribution is 0.469. The van der Waals surface area contributed by atoms with Gasteiger partial charge in [-0.2, -0.15) is 10.2 Å². The molecule has 4 N–H and O–H groups in total. The second-order valence-corrected chi connectivity index (χ2v) is 7.35. The highest BCUT2D eigenvalue weighted by Crippen LogP contribution is 2.35. The van der Waals surface area contributed by atoms with Gasteiger partial charge >= 0.3 is 0 Å². The van der Waals surface area contributed by atoms with Crippen LogP contribution in [-0.4, -0.2) is 35.5 Å². The second kappa shape index (κ2) is 6.53. The van der Waals surface area contributed by atoms with Crippen molar-refractivity contribution >= 4 is 21.8 Å². The predicted molar refractivity (Wildman–Crippen MR) is 116 cm³/mol. The summed E-state index contributed by atoms with van der Waals surface area (Å²) in [5.74, 6) is -0.638. The molecule has 0 saturated carbocycles. The summed E-state index contributed by atoms with van der Waals surface area (Å²) in [5, 5.41) is 26.1. The molecule has 6 rings (SSSR count).